The number of hydrogen-bond donors (Lipinski definition) is 2. The van der Waals surface area contributed by atoms with Crippen LogP contribution < -0.4 is 10.8 Å². The third-order valence-corrected chi connectivity index (χ3v) is 6.95. The van der Waals surface area contributed by atoms with E-state index in [1.165, 1.54) is 13.3 Å². The number of nitrogens with one attached hydrogen (secondary N) is 1. The molecule has 2 aliphatic rings. The summed E-state index contributed by atoms with van der Waals surface area (Å²) in [7, 11) is -3.77. The molecule has 2 fully saturated rings. The maximum atomic E-state index is 13.1. The van der Waals surface area contributed by atoms with Crippen LogP contribution in [0.5, 0.6) is 0 Å². The number of halogens is 1. The van der Waals surface area contributed by atoms with Gasteiger partial charge in [-0.05, 0) is 39.3 Å². The van der Waals surface area contributed by atoms with Gasteiger partial charge in [0.25, 0.3) is 0 Å². The molecule has 4 rings (SSSR count). The second-order valence-electron chi connectivity index (χ2n) is 8.02. The highest BCUT2D eigenvalue weighted by Gasteiger charge is 2.55. The van der Waals surface area contributed by atoms with E-state index in [4.69, 9.17) is 35.9 Å². The maximum Gasteiger partial charge on any atom is 0.406 e. The van der Waals surface area contributed by atoms with Crippen molar-refractivity contribution in [2.24, 2.45) is 0 Å². The van der Waals surface area contributed by atoms with Gasteiger partial charge in [-0.15, -0.1) is 0 Å². The van der Waals surface area contributed by atoms with Gasteiger partial charge in [0.2, 0.25) is 5.28 Å². The summed E-state index contributed by atoms with van der Waals surface area (Å²) in [6.45, 7) is 6.78. The zero-order chi connectivity index (χ0) is 22.6. The molecule has 5 atom stereocenters. The van der Waals surface area contributed by atoms with Crippen molar-refractivity contribution in [1.29, 1.82) is 0 Å². The number of nitrogens with zero attached hydrogens (tertiary/aromatic N) is 4. The molecule has 0 spiro atoms. The number of nitrogen functional groups attached to an aromatic ring is 1. The van der Waals surface area contributed by atoms with E-state index in [9.17, 15) is 9.36 Å². The van der Waals surface area contributed by atoms with Gasteiger partial charge in [0.1, 0.15) is 29.5 Å². The highest BCUT2D eigenvalue weighted by molar-refractivity contribution is 7.51. The molecule has 2 aromatic rings. The van der Waals surface area contributed by atoms with Crippen LogP contribution >= 0.6 is 19.3 Å². The predicted octanol–water partition coefficient (Wildman–Crippen LogP) is 2.19. The van der Waals surface area contributed by atoms with E-state index >= 15 is 0 Å². The van der Waals surface area contributed by atoms with Crippen molar-refractivity contribution in [3.05, 3.63) is 11.6 Å². The van der Waals surface area contributed by atoms with Gasteiger partial charge in [0.15, 0.2) is 11.5 Å². The van der Waals surface area contributed by atoms with Gasteiger partial charge in [-0.1, -0.05) is 0 Å². The normalized spacial score (nSPS) is 31.7. The van der Waals surface area contributed by atoms with Crippen molar-refractivity contribution in [2.75, 3.05) is 12.3 Å². The molecule has 170 valence electrons. The van der Waals surface area contributed by atoms with Gasteiger partial charge in [-0.3, -0.25) is 18.4 Å². The highest BCUT2D eigenvalue weighted by Crippen LogP contribution is 2.56. The average Bonchev–Trinajstić information content (AvgIpc) is 3.22. The summed E-state index contributed by atoms with van der Waals surface area (Å²) in [5.74, 6) is -0.392. The summed E-state index contributed by atoms with van der Waals surface area (Å²) in [6, 6.07) is -0.880. The fraction of sp³-hybridized carbons (Fsp3) is 0.647. The molecular formula is C17H24ClN6O6P. The molecule has 2 saturated heterocycles. The van der Waals surface area contributed by atoms with Crippen LogP contribution in [0.4, 0.5) is 5.82 Å². The Kier molecular flexibility index (Phi) is 5.74. The molecular weight excluding hydrogens is 451 g/mol. The SMILES string of the molecule is CC(C)OC(=O)[C@H](C)NP1(=O)OC[C@@]2(C)O[C@@H](n3cnc4c(N)nc(Cl)nc43)C[C@@H]2O1. The number of esters is 1. The third-order valence-electron chi connectivity index (χ3n) is 5.08. The zero-order valence-electron chi connectivity index (χ0n) is 17.4. The molecule has 1 unspecified atom stereocenters. The first-order valence-electron chi connectivity index (χ1n) is 9.74. The van der Waals surface area contributed by atoms with E-state index in [0.717, 1.165) is 0 Å². The lowest BCUT2D eigenvalue weighted by atomic mass is 10.0. The molecule has 3 N–H and O–H groups in total. The molecule has 2 aliphatic heterocycles. The zero-order valence-corrected chi connectivity index (χ0v) is 19.1. The summed E-state index contributed by atoms with van der Waals surface area (Å²) in [5, 5.41) is 2.62. The van der Waals surface area contributed by atoms with Crippen LogP contribution in [0, 0.1) is 0 Å². The topological polar surface area (TPSA) is 153 Å². The van der Waals surface area contributed by atoms with Crippen LogP contribution in [0.2, 0.25) is 5.28 Å². The lowest BCUT2D eigenvalue weighted by Crippen LogP contribution is -2.48. The van der Waals surface area contributed by atoms with Gasteiger partial charge in [-0.2, -0.15) is 9.97 Å². The molecule has 0 aromatic carbocycles. The third kappa shape index (κ3) is 4.28. The number of imidazole rings is 1. The lowest BCUT2D eigenvalue weighted by molar-refractivity contribution is -0.149. The van der Waals surface area contributed by atoms with Gasteiger partial charge in [0, 0.05) is 6.42 Å². The van der Waals surface area contributed by atoms with Crippen LogP contribution in [0.25, 0.3) is 11.2 Å². The van der Waals surface area contributed by atoms with Crippen molar-refractivity contribution in [3.63, 3.8) is 0 Å². The van der Waals surface area contributed by atoms with Crippen LogP contribution in [-0.4, -0.2) is 55.9 Å². The summed E-state index contributed by atoms with van der Waals surface area (Å²) in [6.07, 6.45) is 0.451. The molecule has 0 bridgehead atoms. The van der Waals surface area contributed by atoms with E-state index < -0.39 is 37.7 Å². The summed E-state index contributed by atoms with van der Waals surface area (Å²) < 4.78 is 37.4. The van der Waals surface area contributed by atoms with Gasteiger partial charge in [0.05, 0.1) is 19.0 Å². The standard InChI is InChI=1S/C17H24ClN6O6P/c1-8(2)28-15(25)9(3)23-31(26)27-6-17(4)10(30-31)5-11(29-17)24-7-20-12-13(19)21-16(18)22-14(12)24/h7-11H,5-6H2,1-4H3,(H,23,26)(H2,19,21,22)/t9-,10-,11+,17+,31?/m0/s1. The molecule has 0 amide bonds. The Morgan fingerprint density at radius 1 is 1.45 bits per heavy atom. The number of carbonyl (C=O) groups excluding carboxylic acids is 1. The molecule has 2 aromatic heterocycles. The van der Waals surface area contributed by atoms with E-state index in [-0.39, 0.29) is 23.8 Å². The minimum atomic E-state index is -3.77. The lowest BCUT2D eigenvalue weighted by Gasteiger charge is -2.38. The summed E-state index contributed by atoms with van der Waals surface area (Å²) in [4.78, 5) is 24.4. The van der Waals surface area contributed by atoms with Crippen LogP contribution in [-0.2, 0) is 27.9 Å². The van der Waals surface area contributed by atoms with Crippen LogP contribution in [0.1, 0.15) is 40.3 Å². The number of ether oxygens (including phenoxy) is 2. The smallest absolute Gasteiger partial charge is 0.406 e. The molecule has 31 heavy (non-hydrogen) atoms. The van der Waals surface area contributed by atoms with E-state index in [1.54, 1.807) is 25.3 Å². The first-order valence-corrected chi connectivity index (χ1v) is 11.7. The Hall–Kier alpha value is -1.82. The molecule has 4 heterocycles. The van der Waals surface area contributed by atoms with Gasteiger partial charge < -0.3 is 15.2 Å². The monoisotopic (exact) mass is 474 g/mol. The molecule has 0 saturated carbocycles. The summed E-state index contributed by atoms with van der Waals surface area (Å²) in [5.41, 5.74) is 5.81. The number of nitrogens with two attached hydrogens (primary N) is 1. The Bertz CT molecular complexity index is 1070. The van der Waals surface area contributed by atoms with Crippen molar-refractivity contribution in [3.8, 4) is 0 Å². The number of hydrogen-bond acceptors (Lipinski definition) is 10. The average molecular weight is 475 g/mol. The number of aromatic nitrogens is 4. The quantitative estimate of drug-likeness (QED) is 0.372. The molecule has 12 nitrogen and oxygen atoms in total. The second-order valence-corrected chi connectivity index (χ2v) is 10.1. The maximum absolute atomic E-state index is 13.1. The fourth-order valence-electron chi connectivity index (χ4n) is 3.54. The first-order chi connectivity index (χ1) is 14.5. The van der Waals surface area contributed by atoms with E-state index in [1.807, 2.05) is 0 Å². The molecule has 0 aliphatic carbocycles. The van der Waals surface area contributed by atoms with Crippen molar-refractivity contribution < 1.29 is 27.9 Å². The second kappa shape index (κ2) is 7.95. The van der Waals surface area contributed by atoms with Crippen LogP contribution in [0.3, 0.4) is 0 Å². The Morgan fingerprint density at radius 3 is 2.90 bits per heavy atom. The number of anilines is 1. The fourth-order valence-corrected chi connectivity index (χ4v) is 5.56. The van der Waals surface area contributed by atoms with Crippen molar-refractivity contribution >= 4 is 42.3 Å². The summed E-state index contributed by atoms with van der Waals surface area (Å²) >= 11 is 5.94. The number of carbonyl (C=O) groups is 1. The van der Waals surface area contributed by atoms with Gasteiger partial charge in [-0.25, -0.2) is 14.6 Å². The van der Waals surface area contributed by atoms with E-state index in [0.29, 0.717) is 17.6 Å². The minimum Gasteiger partial charge on any atom is -0.462 e. The van der Waals surface area contributed by atoms with E-state index in [2.05, 4.69) is 20.0 Å². The van der Waals surface area contributed by atoms with Crippen molar-refractivity contribution in [2.45, 2.75) is 64.2 Å². The van der Waals surface area contributed by atoms with Crippen molar-refractivity contribution in [1.82, 2.24) is 24.6 Å². The Labute approximate surface area is 183 Å². The molecule has 0 radical (unpaired) electrons. The predicted molar refractivity (Wildman–Crippen MR) is 110 cm³/mol. The Morgan fingerprint density at radius 2 is 2.19 bits per heavy atom. The number of rotatable bonds is 5. The Balaban J connectivity index is 1.51. The minimum absolute atomic E-state index is 0.00506. The van der Waals surface area contributed by atoms with Crippen LogP contribution in [0.15, 0.2) is 6.33 Å². The first kappa shape index (κ1) is 22.4. The van der Waals surface area contributed by atoms with Gasteiger partial charge >= 0.3 is 13.7 Å². The highest BCUT2D eigenvalue weighted by atomic mass is 35.5. The molecule has 14 heteroatoms. The largest absolute Gasteiger partial charge is 0.462 e. The number of fused-ring (bicyclic) bond motifs is 2.